The van der Waals surface area contributed by atoms with Crippen LogP contribution in [0.1, 0.15) is 25.0 Å². The third-order valence-corrected chi connectivity index (χ3v) is 3.90. The second-order valence-electron chi connectivity index (χ2n) is 6.59. The summed E-state index contributed by atoms with van der Waals surface area (Å²) in [6.07, 6.45) is 1.39. The first-order chi connectivity index (χ1) is 14.3. The summed E-state index contributed by atoms with van der Waals surface area (Å²) in [5, 5.41) is 9.57. The standard InChI is InChI=1S/C21H23ClN4O4/c1-14(2)25-19(27)13-30-18-9-5-16(6-10-18)12-24-26-21(29)20(28)23-11-15-3-7-17(22)8-4-15/h3-10,12,14H,11,13H2,1-2H3,(H,23,28)(H,25,27)(H,26,29)/b24-12-. The molecule has 0 aliphatic heterocycles. The zero-order valence-corrected chi connectivity index (χ0v) is 17.4. The maximum Gasteiger partial charge on any atom is 0.329 e. The van der Waals surface area contributed by atoms with Crippen molar-refractivity contribution in [3.63, 3.8) is 0 Å². The summed E-state index contributed by atoms with van der Waals surface area (Å²) in [7, 11) is 0. The summed E-state index contributed by atoms with van der Waals surface area (Å²) in [5.74, 6) is -1.36. The number of benzene rings is 2. The monoisotopic (exact) mass is 430 g/mol. The van der Waals surface area contributed by atoms with Gasteiger partial charge in [-0.25, -0.2) is 5.43 Å². The van der Waals surface area contributed by atoms with Crippen molar-refractivity contribution in [1.29, 1.82) is 0 Å². The van der Waals surface area contributed by atoms with Gasteiger partial charge in [-0.05, 0) is 61.4 Å². The van der Waals surface area contributed by atoms with Gasteiger partial charge in [0.25, 0.3) is 5.91 Å². The summed E-state index contributed by atoms with van der Waals surface area (Å²) in [4.78, 5) is 35.1. The Morgan fingerprint density at radius 1 is 1.03 bits per heavy atom. The van der Waals surface area contributed by atoms with E-state index in [9.17, 15) is 14.4 Å². The van der Waals surface area contributed by atoms with E-state index >= 15 is 0 Å². The quantitative estimate of drug-likeness (QED) is 0.338. The Balaban J connectivity index is 1.74. The Morgan fingerprint density at radius 2 is 1.70 bits per heavy atom. The molecule has 2 aromatic carbocycles. The lowest BCUT2D eigenvalue weighted by molar-refractivity contribution is -0.139. The van der Waals surface area contributed by atoms with Crippen LogP contribution in [-0.4, -0.2) is 36.6 Å². The van der Waals surface area contributed by atoms with E-state index in [4.69, 9.17) is 16.3 Å². The molecule has 3 N–H and O–H groups in total. The van der Waals surface area contributed by atoms with Crippen molar-refractivity contribution in [2.45, 2.75) is 26.4 Å². The summed E-state index contributed by atoms with van der Waals surface area (Å²) in [5.41, 5.74) is 3.65. The smallest absolute Gasteiger partial charge is 0.329 e. The summed E-state index contributed by atoms with van der Waals surface area (Å²) in [6.45, 7) is 3.86. The number of hydrogen-bond acceptors (Lipinski definition) is 5. The number of ether oxygens (including phenoxy) is 1. The van der Waals surface area contributed by atoms with Crippen molar-refractivity contribution in [2.24, 2.45) is 5.10 Å². The largest absolute Gasteiger partial charge is 0.484 e. The predicted octanol–water partition coefficient (Wildman–Crippen LogP) is 2.01. The van der Waals surface area contributed by atoms with Crippen LogP contribution in [0, 0.1) is 0 Å². The van der Waals surface area contributed by atoms with Crippen molar-refractivity contribution in [2.75, 3.05) is 6.61 Å². The number of rotatable bonds is 8. The van der Waals surface area contributed by atoms with Gasteiger partial charge in [0, 0.05) is 17.6 Å². The lowest BCUT2D eigenvalue weighted by Crippen LogP contribution is -2.37. The lowest BCUT2D eigenvalue weighted by atomic mass is 10.2. The number of halogens is 1. The van der Waals surface area contributed by atoms with Crippen LogP contribution in [-0.2, 0) is 20.9 Å². The molecule has 0 saturated carbocycles. The Morgan fingerprint density at radius 3 is 2.33 bits per heavy atom. The molecule has 0 radical (unpaired) electrons. The van der Waals surface area contributed by atoms with Gasteiger partial charge >= 0.3 is 11.8 Å². The molecule has 0 unspecified atom stereocenters. The van der Waals surface area contributed by atoms with E-state index in [1.165, 1.54) is 6.21 Å². The molecule has 2 aromatic rings. The number of hydrogen-bond donors (Lipinski definition) is 3. The fraction of sp³-hybridized carbons (Fsp3) is 0.238. The molecular formula is C21H23ClN4O4. The molecule has 158 valence electrons. The maximum absolute atomic E-state index is 11.8. The highest BCUT2D eigenvalue weighted by molar-refractivity contribution is 6.35. The Labute approximate surface area is 179 Å². The van der Waals surface area contributed by atoms with Crippen LogP contribution < -0.4 is 20.8 Å². The zero-order valence-electron chi connectivity index (χ0n) is 16.6. The fourth-order valence-electron chi connectivity index (χ4n) is 2.24. The molecule has 3 amide bonds. The third-order valence-electron chi connectivity index (χ3n) is 3.65. The van der Waals surface area contributed by atoms with E-state index in [0.29, 0.717) is 16.3 Å². The number of carbonyl (C=O) groups excluding carboxylic acids is 3. The van der Waals surface area contributed by atoms with E-state index in [1.807, 2.05) is 13.8 Å². The minimum Gasteiger partial charge on any atom is -0.484 e. The third kappa shape index (κ3) is 8.32. The van der Waals surface area contributed by atoms with Gasteiger partial charge in [0.1, 0.15) is 5.75 Å². The van der Waals surface area contributed by atoms with Crippen LogP contribution in [0.25, 0.3) is 0 Å². The Hall–Kier alpha value is -3.39. The van der Waals surface area contributed by atoms with Gasteiger partial charge in [-0.15, -0.1) is 0 Å². The highest BCUT2D eigenvalue weighted by atomic mass is 35.5. The summed E-state index contributed by atoms with van der Waals surface area (Å²) >= 11 is 5.80. The van der Waals surface area contributed by atoms with Gasteiger partial charge in [-0.2, -0.15) is 5.10 Å². The second-order valence-corrected chi connectivity index (χ2v) is 7.02. The topological polar surface area (TPSA) is 109 Å². The van der Waals surface area contributed by atoms with Crippen molar-refractivity contribution in [1.82, 2.24) is 16.1 Å². The van der Waals surface area contributed by atoms with Gasteiger partial charge in [0.15, 0.2) is 6.61 Å². The normalized spacial score (nSPS) is 10.7. The molecule has 30 heavy (non-hydrogen) atoms. The first kappa shape index (κ1) is 22.9. The predicted molar refractivity (Wildman–Crippen MR) is 114 cm³/mol. The van der Waals surface area contributed by atoms with Crippen molar-refractivity contribution >= 4 is 35.5 Å². The number of hydrazone groups is 1. The molecule has 2 rings (SSSR count). The maximum atomic E-state index is 11.8. The average Bonchev–Trinajstić information content (AvgIpc) is 2.72. The van der Waals surface area contributed by atoms with Crippen LogP contribution in [0.3, 0.4) is 0 Å². The fourth-order valence-corrected chi connectivity index (χ4v) is 2.37. The summed E-state index contributed by atoms with van der Waals surface area (Å²) < 4.78 is 5.38. The highest BCUT2D eigenvalue weighted by Gasteiger charge is 2.11. The van der Waals surface area contributed by atoms with Crippen molar-refractivity contribution in [3.05, 3.63) is 64.7 Å². The second kappa shape index (κ2) is 11.6. The van der Waals surface area contributed by atoms with Crippen LogP contribution in [0.4, 0.5) is 0 Å². The zero-order chi connectivity index (χ0) is 21.9. The first-order valence-corrected chi connectivity index (χ1v) is 9.59. The number of carbonyl (C=O) groups is 3. The first-order valence-electron chi connectivity index (χ1n) is 9.21. The van der Waals surface area contributed by atoms with Gasteiger partial charge in [0.2, 0.25) is 0 Å². The molecular weight excluding hydrogens is 408 g/mol. The average molecular weight is 431 g/mol. The highest BCUT2D eigenvalue weighted by Crippen LogP contribution is 2.11. The molecule has 0 atom stereocenters. The van der Waals surface area contributed by atoms with E-state index in [2.05, 4.69) is 21.2 Å². The lowest BCUT2D eigenvalue weighted by Gasteiger charge is -2.09. The molecule has 0 bridgehead atoms. The van der Waals surface area contributed by atoms with Crippen molar-refractivity contribution in [3.8, 4) is 5.75 Å². The minimum absolute atomic E-state index is 0.0504. The van der Waals surface area contributed by atoms with Gasteiger partial charge in [0.05, 0.1) is 6.21 Å². The molecule has 0 fully saturated rings. The molecule has 0 heterocycles. The van der Waals surface area contributed by atoms with Gasteiger partial charge in [-0.3, -0.25) is 14.4 Å². The van der Waals surface area contributed by atoms with Crippen LogP contribution >= 0.6 is 11.6 Å². The molecule has 0 spiro atoms. The van der Waals surface area contributed by atoms with Gasteiger partial charge in [-0.1, -0.05) is 23.7 Å². The van der Waals surface area contributed by atoms with Gasteiger partial charge < -0.3 is 15.4 Å². The summed E-state index contributed by atoms with van der Waals surface area (Å²) in [6, 6.07) is 13.7. The van der Waals surface area contributed by atoms with Crippen molar-refractivity contribution < 1.29 is 19.1 Å². The number of amides is 3. The van der Waals surface area contributed by atoms with E-state index < -0.39 is 11.8 Å². The number of nitrogens with one attached hydrogen (secondary N) is 3. The van der Waals surface area contributed by atoms with Crippen LogP contribution in [0.15, 0.2) is 53.6 Å². The van der Waals surface area contributed by atoms with E-state index in [1.54, 1.807) is 48.5 Å². The Bertz CT molecular complexity index is 896. The molecule has 0 saturated heterocycles. The SMILES string of the molecule is CC(C)NC(=O)COc1ccc(/C=N\NC(=O)C(=O)NCc2ccc(Cl)cc2)cc1. The molecule has 0 aliphatic rings. The minimum atomic E-state index is -0.878. The molecule has 9 heteroatoms. The van der Waals surface area contributed by atoms with E-state index in [0.717, 1.165) is 5.56 Å². The molecule has 0 aliphatic carbocycles. The molecule has 0 aromatic heterocycles. The van der Waals surface area contributed by atoms with Crippen LogP contribution in [0.5, 0.6) is 5.75 Å². The molecule has 8 nitrogen and oxygen atoms in total. The Kier molecular flexibility index (Phi) is 8.83. The van der Waals surface area contributed by atoms with E-state index in [-0.39, 0.29) is 25.1 Å². The number of nitrogens with zero attached hydrogens (tertiary/aromatic N) is 1. The van der Waals surface area contributed by atoms with Crippen LogP contribution in [0.2, 0.25) is 5.02 Å².